The zero-order valence-electron chi connectivity index (χ0n) is 4.96. The second-order valence-electron chi connectivity index (χ2n) is 1.72. The van der Waals surface area contributed by atoms with Crippen LogP contribution >= 0.6 is 0 Å². The molecule has 8 heavy (non-hydrogen) atoms. The van der Waals surface area contributed by atoms with Crippen LogP contribution in [0.1, 0.15) is 13.3 Å². The zero-order chi connectivity index (χ0) is 5.82. The van der Waals surface area contributed by atoms with Gasteiger partial charge in [-0.05, 0) is 6.42 Å². The number of hydrogen-bond acceptors (Lipinski definition) is 1. The van der Waals surface area contributed by atoms with Crippen molar-refractivity contribution in [3.63, 3.8) is 0 Å². The smallest absolute Gasteiger partial charge is 0.0951 e. The first-order valence-corrected chi connectivity index (χ1v) is 2.81. The van der Waals surface area contributed by atoms with Crippen molar-refractivity contribution in [2.24, 2.45) is 0 Å². The zero-order valence-corrected chi connectivity index (χ0v) is 4.96. The van der Waals surface area contributed by atoms with Crippen molar-refractivity contribution in [3.8, 4) is 0 Å². The molecule has 43 valence electrons. The Morgan fingerprint density at radius 1 is 1.75 bits per heavy atom. The van der Waals surface area contributed by atoms with Crippen LogP contribution in [-0.2, 0) is 6.54 Å². The fraction of sp³-hybridized carbons (Fsp3) is 0.500. The molecular formula is C6H9N2. The van der Waals surface area contributed by atoms with Crippen molar-refractivity contribution < 1.29 is 0 Å². The van der Waals surface area contributed by atoms with Crippen molar-refractivity contribution in [1.82, 2.24) is 9.55 Å². The van der Waals surface area contributed by atoms with Gasteiger partial charge < -0.3 is 4.57 Å². The van der Waals surface area contributed by atoms with Crippen molar-refractivity contribution >= 4 is 0 Å². The summed E-state index contributed by atoms with van der Waals surface area (Å²) in [6.07, 6.45) is 7.55. The lowest BCUT2D eigenvalue weighted by molar-refractivity contribution is 0.674. The fourth-order valence-electron chi connectivity index (χ4n) is 0.618. The van der Waals surface area contributed by atoms with Crippen LogP contribution in [0, 0.1) is 6.20 Å². The van der Waals surface area contributed by atoms with E-state index in [9.17, 15) is 0 Å². The Morgan fingerprint density at radius 3 is 3.12 bits per heavy atom. The normalized spacial score (nSPS) is 9.62. The van der Waals surface area contributed by atoms with E-state index in [0.29, 0.717) is 0 Å². The van der Waals surface area contributed by atoms with Gasteiger partial charge in [0.1, 0.15) is 0 Å². The SMILES string of the molecule is CCCn1[c]cnc1. The third-order valence-corrected chi connectivity index (χ3v) is 0.969. The van der Waals surface area contributed by atoms with Crippen LogP contribution in [0.2, 0.25) is 0 Å². The van der Waals surface area contributed by atoms with Gasteiger partial charge in [0.15, 0.2) is 0 Å². The summed E-state index contributed by atoms with van der Waals surface area (Å²) in [4.78, 5) is 3.85. The van der Waals surface area contributed by atoms with Gasteiger partial charge in [0, 0.05) is 6.54 Å². The van der Waals surface area contributed by atoms with Crippen LogP contribution in [0.5, 0.6) is 0 Å². The molecule has 0 bridgehead atoms. The third-order valence-electron chi connectivity index (χ3n) is 0.969. The summed E-state index contributed by atoms with van der Waals surface area (Å²) in [6, 6.07) is 0. The summed E-state index contributed by atoms with van der Waals surface area (Å²) in [6.45, 7) is 3.16. The molecule has 1 heterocycles. The molecule has 1 aromatic rings. The first kappa shape index (κ1) is 5.35. The number of aryl methyl sites for hydroxylation is 1. The Labute approximate surface area is 49.2 Å². The molecule has 0 N–H and O–H groups in total. The number of rotatable bonds is 2. The highest BCUT2D eigenvalue weighted by Gasteiger charge is 1.83. The summed E-state index contributed by atoms with van der Waals surface area (Å²) in [5, 5.41) is 0. The summed E-state index contributed by atoms with van der Waals surface area (Å²) >= 11 is 0. The maximum Gasteiger partial charge on any atom is 0.0951 e. The van der Waals surface area contributed by atoms with Gasteiger partial charge in [-0.1, -0.05) is 6.92 Å². The van der Waals surface area contributed by atoms with Gasteiger partial charge in [-0.15, -0.1) is 0 Å². The maximum atomic E-state index is 3.85. The van der Waals surface area contributed by atoms with Crippen molar-refractivity contribution in [1.29, 1.82) is 0 Å². The minimum atomic E-state index is 1.03. The number of imidazole rings is 1. The monoisotopic (exact) mass is 109 g/mol. The molecule has 0 saturated heterocycles. The van der Waals surface area contributed by atoms with Crippen LogP contribution in [0.25, 0.3) is 0 Å². The molecule has 0 spiro atoms. The first-order chi connectivity index (χ1) is 3.93. The molecule has 1 radical (unpaired) electrons. The van der Waals surface area contributed by atoms with Crippen LogP contribution in [0.15, 0.2) is 12.5 Å². The molecule has 2 nitrogen and oxygen atoms in total. The highest BCUT2D eigenvalue weighted by Crippen LogP contribution is 1.86. The quantitative estimate of drug-likeness (QED) is 0.556. The average molecular weight is 109 g/mol. The Hall–Kier alpha value is -0.790. The highest BCUT2D eigenvalue weighted by atomic mass is 15.0. The van der Waals surface area contributed by atoms with E-state index in [-0.39, 0.29) is 0 Å². The molecule has 2 heteroatoms. The Bertz CT molecular complexity index is 132. The van der Waals surface area contributed by atoms with Gasteiger partial charge in [0.25, 0.3) is 0 Å². The van der Waals surface area contributed by atoms with Crippen molar-refractivity contribution in [2.45, 2.75) is 19.9 Å². The van der Waals surface area contributed by atoms with E-state index in [1.165, 1.54) is 0 Å². The van der Waals surface area contributed by atoms with Gasteiger partial charge in [-0.25, -0.2) is 4.98 Å². The first-order valence-electron chi connectivity index (χ1n) is 2.81. The predicted octanol–water partition coefficient (Wildman–Crippen LogP) is 1.09. The van der Waals surface area contributed by atoms with Crippen LogP contribution in [-0.4, -0.2) is 9.55 Å². The second kappa shape index (κ2) is 2.50. The summed E-state index contributed by atoms with van der Waals surface area (Å²) in [5.41, 5.74) is 0. The lowest BCUT2D eigenvalue weighted by Gasteiger charge is -1.92. The lowest BCUT2D eigenvalue weighted by atomic mass is 10.5. The van der Waals surface area contributed by atoms with Crippen LogP contribution in [0.4, 0.5) is 0 Å². The Morgan fingerprint density at radius 2 is 2.62 bits per heavy atom. The predicted molar refractivity (Wildman–Crippen MR) is 31.4 cm³/mol. The maximum absolute atomic E-state index is 3.85. The molecule has 0 atom stereocenters. The van der Waals surface area contributed by atoms with Gasteiger partial charge >= 0.3 is 0 Å². The van der Waals surface area contributed by atoms with Crippen molar-refractivity contribution in [2.75, 3.05) is 0 Å². The van der Waals surface area contributed by atoms with E-state index < -0.39 is 0 Å². The third kappa shape index (κ3) is 1.09. The molecule has 0 saturated carbocycles. The lowest BCUT2D eigenvalue weighted by Crippen LogP contribution is -1.90. The molecule has 0 aliphatic heterocycles. The second-order valence-corrected chi connectivity index (χ2v) is 1.72. The molecule has 0 unspecified atom stereocenters. The van der Waals surface area contributed by atoms with Crippen molar-refractivity contribution in [3.05, 3.63) is 18.7 Å². The van der Waals surface area contributed by atoms with E-state index >= 15 is 0 Å². The number of nitrogens with zero attached hydrogens (tertiary/aromatic N) is 2. The minimum Gasteiger partial charge on any atom is -0.329 e. The van der Waals surface area contributed by atoms with E-state index in [1.807, 2.05) is 4.57 Å². The topological polar surface area (TPSA) is 17.8 Å². The van der Waals surface area contributed by atoms with E-state index in [4.69, 9.17) is 0 Å². The fourth-order valence-corrected chi connectivity index (χ4v) is 0.618. The Kier molecular flexibility index (Phi) is 1.67. The largest absolute Gasteiger partial charge is 0.329 e. The van der Waals surface area contributed by atoms with Gasteiger partial charge in [-0.3, -0.25) is 0 Å². The standard InChI is InChI=1S/C6H9N2/c1-2-4-8-5-3-7-6-8/h3,6H,2,4H2,1H3. The highest BCUT2D eigenvalue weighted by molar-refractivity contribution is 4.70. The molecule has 1 rings (SSSR count). The van der Waals surface area contributed by atoms with Crippen LogP contribution < -0.4 is 0 Å². The minimum absolute atomic E-state index is 1.03. The van der Waals surface area contributed by atoms with E-state index in [2.05, 4.69) is 18.1 Å². The van der Waals surface area contributed by atoms with Gasteiger partial charge in [0.2, 0.25) is 0 Å². The molecular weight excluding hydrogens is 100 g/mol. The molecule has 1 aromatic heterocycles. The Balaban J connectivity index is 2.50. The average Bonchev–Trinajstić information content (AvgIpc) is 2.19. The van der Waals surface area contributed by atoms with E-state index in [0.717, 1.165) is 13.0 Å². The molecule has 0 fully saturated rings. The molecule has 0 amide bonds. The van der Waals surface area contributed by atoms with Gasteiger partial charge in [0.05, 0.1) is 18.7 Å². The summed E-state index contributed by atoms with van der Waals surface area (Å²) in [5.74, 6) is 0. The molecule has 0 aliphatic rings. The van der Waals surface area contributed by atoms with E-state index in [1.54, 1.807) is 12.5 Å². The molecule has 0 aliphatic carbocycles. The molecule has 0 aromatic carbocycles. The number of aromatic nitrogens is 2. The summed E-state index contributed by atoms with van der Waals surface area (Å²) < 4.78 is 1.94. The number of hydrogen-bond donors (Lipinski definition) is 0. The van der Waals surface area contributed by atoms with Gasteiger partial charge in [-0.2, -0.15) is 0 Å². The summed E-state index contributed by atoms with van der Waals surface area (Å²) in [7, 11) is 0. The van der Waals surface area contributed by atoms with Crippen LogP contribution in [0.3, 0.4) is 0 Å².